The Bertz CT molecular complexity index is 924. The average molecular weight is 341 g/mol. The van der Waals surface area contributed by atoms with E-state index in [0.29, 0.717) is 11.0 Å². The molecule has 126 valence electrons. The number of benzene rings is 1. The molecule has 0 bridgehead atoms. The monoisotopic (exact) mass is 341 g/mol. The lowest BCUT2D eigenvalue weighted by Crippen LogP contribution is -2.44. The number of carboxylic acid groups (broad SMARTS) is 1. The van der Waals surface area contributed by atoms with Gasteiger partial charge in [-0.3, -0.25) is 13.9 Å². The summed E-state index contributed by atoms with van der Waals surface area (Å²) in [5.41, 5.74) is 0.778. The highest BCUT2D eigenvalue weighted by Crippen LogP contribution is 2.18. The SMILES string of the molecule is CC(C)[C@@H](NS(=O)(=O)c1ccc2c(c1)n(C)c(=O)n2C)C(=O)O. The van der Waals surface area contributed by atoms with E-state index in [0.717, 1.165) is 0 Å². The van der Waals surface area contributed by atoms with E-state index in [1.807, 2.05) is 0 Å². The molecule has 1 aromatic carbocycles. The second-order valence-corrected chi connectivity index (χ2v) is 7.45. The van der Waals surface area contributed by atoms with Crippen LogP contribution in [0, 0.1) is 5.92 Å². The fraction of sp³-hybridized carbons (Fsp3) is 0.429. The minimum absolute atomic E-state index is 0.0851. The number of fused-ring (bicyclic) bond motifs is 1. The van der Waals surface area contributed by atoms with Gasteiger partial charge in [0.1, 0.15) is 6.04 Å². The van der Waals surface area contributed by atoms with E-state index in [1.54, 1.807) is 27.9 Å². The molecule has 1 aromatic heterocycles. The summed E-state index contributed by atoms with van der Waals surface area (Å²) in [4.78, 5) is 23.0. The van der Waals surface area contributed by atoms with Gasteiger partial charge in [0.15, 0.2) is 0 Å². The van der Waals surface area contributed by atoms with E-state index in [-0.39, 0.29) is 10.6 Å². The predicted molar refractivity (Wildman–Crippen MR) is 84.7 cm³/mol. The molecule has 0 radical (unpaired) electrons. The van der Waals surface area contributed by atoms with E-state index in [4.69, 9.17) is 5.11 Å². The highest BCUT2D eigenvalue weighted by molar-refractivity contribution is 7.89. The first-order chi connectivity index (χ1) is 10.6. The number of hydrogen-bond acceptors (Lipinski definition) is 4. The first-order valence-corrected chi connectivity index (χ1v) is 8.45. The molecule has 0 spiro atoms. The first-order valence-electron chi connectivity index (χ1n) is 6.97. The van der Waals surface area contributed by atoms with E-state index in [9.17, 15) is 18.0 Å². The molecule has 0 aliphatic heterocycles. The van der Waals surface area contributed by atoms with Crippen molar-refractivity contribution in [2.75, 3.05) is 0 Å². The number of aromatic nitrogens is 2. The molecule has 0 saturated heterocycles. The molecule has 2 N–H and O–H groups in total. The number of aliphatic carboxylic acids is 1. The van der Waals surface area contributed by atoms with Gasteiger partial charge in [0.05, 0.1) is 15.9 Å². The summed E-state index contributed by atoms with van der Waals surface area (Å²) in [7, 11) is -0.879. The van der Waals surface area contributed by atoms with E-state index >= 15 is 0 Å². The summed E-state index contributed by atoms with van der Waals surface area (Å²) in [6.07, 6.45) is 0. The van der Waals surface area contributed by atoms with E-state index < -0.39 is 28.0 Å². The van der Waals surface area contributed by atoms with Crippen LogP contribution in [0.4, 0.5) is 0 Å². The molecule has 1 heterocycles. The molecule has 0 aliphatic carbocycles. The zero-order valence-corrected chi connectivity index (χ0v) is 14.1. The molecule has 0 saturated carbocycles. The van der Waals surface area contributed by atoms with Crippen molar-refractivity contribution < 1.29 is 18.3 Å². The van der Waals surface area contributed by atoms with Gasteiger partial charge in [-0.1, -0.05) is 13.8 Å². The van der Waals surface area contributed by atoms with Crippen LogP contribution in [0.15, 0.2) is 27.9 Å². The lowest BCUT2D eigenvalue weighted by molar-refractivity contribution is -0.140. The highest BCUT2D eigenvalue weighted by Gasteiger charge is 2.28. The van der Waals surface area contributed by atoms with Crippen molar-refractivity contribution in [3.05, 3.63) is 28.7 Å². The summed E-state index contributed by atoms with van der Waals surface area (Å²) >= 11 is 0. The van der Waals surface area contributed by atoms with Crippen LogP contribution in [-0.2, 0) is 28.9 Å². The Hall–Kier alpha value is -2.13. The van der Waals surface area contributed by atoms with E-state index in [2.05, 4.69) is 4.72 Å². The second-order valence-electron chi connectivity index (χ2n) is 5.73. The number of sulfonamides is 1. The Labute approximate surface area is 133 Å². The van der Waals surface area contributed by atoms with Crippen LogP contribution < -0.4 is 10.4 Å². The van der Waals surface area contributed by atoms with Crippen molar-refractivity contribution in [3.8, 4) is 0 Å². The van der Waals surface area contributed by atoms with Crippen LogP contribution in [0.3, 0.4) is 0 Å². The largest absolute Gasteiger partial charge is 0.480 e. The Morgan fingerprint density at radius 1 is 1.17 bits per heavy atom. The van der Waals surface area contributed by atoms with Crippen LogP contribution in [0.2, 0.25) is 0 Å². The molecule has 0 fully saturated rings. The van der Waals surface area contributed by atoms with Crippen molar-refractivity contribution in [1.29, 1.82) is 0 Å². The lowest BCUT2D eigenvalue weighted by atomic mass is 10.1. The molecule has 9 heteroatoms. The fourth-order valence-corrected chi connectivity index (χ4v) is 3.72. The maximum Gasteiger partial charge on any atom is 0.328 e. The third-order valence-corrected chi connectivity index (χ3v) is 5.21. The van der Waals surface area contributed by atoms with Crippen LogP contribution in [0.25, 0.3) is 11.0 Å². The van der Waals surface area contributed by atoms with Gasteiger partial charge in [-0.25, -0.2) is 13.2 Å². The Morgan fingerprint density at radius 2 is 1.74 bits per heavy atom. The van der Waals surface area contributed by atoms with Crippen LogP contribution in [0.1, 0.15) is 13.8 Å². The summed E-state index contributed by atoms with van der Waals surface area (Å²) in [6.45, 7) is 3.23. The van der Waals surface area contributed by atoms with Crippen LogP contribution >= 0.6 is 0 Å². The quantitative estimate of drug-likeness (QED) is 0.811. The number of nitrogens with one attached hydrogen (secondary N) is 1. The van der Waals surface area contributed by atoms with Gasteiger partial charge in [-0.05, 0) is 24.1 Å². The van der Waals surface area contributed by atoms with Crippen molar-refractivity contribution in [2.45, 2.75) is 24.8 Å². The molecule has 0 aliphatic rings. The number of nitrogens with zero attached hydrogens (tertiary/aromatic N) is 2. The van der Waals surface area contributed by atoms with E-state index in [1.165, 1.54) is 27.3 Å². The maximum absolute atomic E-state index is 12.4. The maximum atomic E-state index is 12.4. The standard InChI is InChI=1S/C14H19N3O5S/c1-8(2)12(13(18)19)15-23(21,22)9-5-6-10-11(7-9)17(4)14(20)16(10)3/h5-8,12,15H,1-4H3,(H,18,19)/t12-/m1/s1. The second kappa shape index (κ2) is 5.82. The van der Waals surface area contributed by atoms with Gasteiger partial charge in [-0.15, -0.1) is 0 Å². The zero-order valence-electron chi connectivity index (χ0n) is 13.3. The number of carbonyl (C=O) groups is 1. The number of carboxylic acids is 1. The highest BCUT2D eigenvalue weighted by atomic mass is 32.2. The molecular formula is C14H19N3O5S. The minimum Gasteiger partial charge on any atom is -0.480 e. The molecular weight excluding hydrogens is 322 g/mol. The minimum atomic E-state index is -4.02. The molecule has 2 aromatic rings. The van der Waals surface area contributed by atoms with Crippen molar-refractivity contribution in [2.24, 2.45) is 20.0 Å². The number of imidazole rings is 1. The third-order valence-electron chi connectivity index (χ3n) is 3.77. The first kappa shape index (κ1) is 17.2. The Kier molecular flexibility index (Phi) is 4.36. The van der Waals surface area contributed by atoms with Gasteiger partial charge in [0, 0.05) is 14.1 Å². The Balaban J connectivity index is 2.52. The summed E-state index contributed by atoms with van der Waals surface area (Å²) in [6, 6.07) is 3.01. The fourth-order valence-electron chi connectivity index (χ4n) is 2.36. The van der Waals surface area contributed by atoms with Crippen molar-refractivity contribution in [1.82, 2.24) is 13.9 Å². The molecule has 8 nitrogen and oxygen atoms in total. The zero-order chi connectivity index (χ0) is 17.5. The lowest BCUT2D eigenvalue weighted by Gasteiger charge is -2.18. The molecule has 1 atom stereocenters. The van der Waals surface area contributed by atoms with Gasteiger partial charge in [0.2, 0.25) is 10.0 Å². The van der Waals surface area contributed by atoms with Gasteiger partial charge < -0.3 is 5.11 Å². The summed E-state index contributed by atoms with van der Waals surface area (Å²) < 4.78 is 29.8. The number of hydrogen-bond donors (Lipinski definition) is 2. The summed E-state index contributed by atoms with van der Waals surface area (Å²) in [5.74, 6) is -1.65. The normalized spacial score (nSPS) is 13.6. The van der Waals surface area contributed by atoms with Gasteiger partial charge >= 0.3 is 11.7 Å². The van der Waals surface area contributed by atoms with Crippen molar-refractivity contribution in [3.63, 3.8) is 0 Å². The van der Waals surface area contributed by atoms with Crippen molar-refractivity contribution >= 4 is 27.0 Å². The topological polar surface area (TPSA) is 110 Å². The van der Waals surface area contributed by atoms with Gasteiger partial charge in [-0.2, -0.15) is 4.72 Å². The Morgan fingerprint density at radius 3 is 2.26 bits per heavy atom. The smallest absolute Gasteiger partial charge is 0.328 e. The molecule has 23 heavy (non-hydrogen) atoms. The molecule has 0 amide bonds. The van der Waals surface area contributed by atoms with Crippen LogP contribution in [0.5, 0.6) is 0 Å². The summed E-state index contributed by atoms with van der Waals surface area (Å²) in [5, 5.41) is 9.13. The number of rotatable bonds is 5. The number of aryl methyl sites for hydroxylation is 2. The predicted octanol–water partition coefficient (Wildman–Crippen LogP) is 0.265. The van der Waals surface area contributed by atoms with Crippen LogP contribution in [-0.4, -0.2) is 34.7 Å². The average Bonchev–Trinajstić information content (AvgIpc) is 2.69. The molecule has 2 rings (SSSR count). The molecule has 0 unspecified atom stereocenters. The third kappa shape index (κ3) is 3.02. The van der Waals surface area contributed by atoms with Gasteiger partial charge in [0.25, 0.3) is 0 Å².